The molecule has 0 spiro atoms. The lowest BCUT2D eigenvalue weighted by molar-refractivity contribution is 0.0948. The third-order valence-electron chi connectivity index (χ3n) is 6.61. The molecule has 3 N–H and O–H groups in total. The molecule has 1 amide bonds. The molecular formula is C27H51N3O2. The Bertz CT molecular complexity index is 573. The molecule has 0 aliphatic rings. The highest BCUT2D eigenvalue weighted by atomic mass is 16.3. The number of hydrogen-bond acceptors (Lipinski definition) is 4. The van der Waals surface area contributed by atoms with Crippen LogP contribution in [-0.4, -0.2) is 17.4 Å². The molecule has 0 radical (unpaired) electrons. The maximum Gasteiger partial charge on any atom is 0.273 e. The van der Waals surface area contributed by atoms with Crippen LogP contribution in [0.1, 0.15) is 152 Å². The van der Waals surface area contributed by atoms with E-state index in [9.17, 15) is 4.79 Å². The molecular weight excluding hydrogens is 398 g/mol. The number of nitrogens with one attached hydrogen (secondary N) is 1. The molecule has 0 aromatic carbocycles. The average Bonchev–Trinajstić information content (AvgIpc) is 3.30. The van der Waals surface area contributed by atoms with Crippen molar-refractivity contribution in [3.63, 3.8) is 0 Å². The molecule has 0 aliphatic carbocycles. The quantitative estimate of drug-likeness (QED) is 0.188. The second kappa shape index (κ2) is 19.1. The molecule has 0 saturated carbocycles. The fraction of sp³-hybridized carbons (Fsp3) is 0.852. The van der Waals surface area contributed by atoms with E-state index < -0.39 is 0 Å². The number of unbranched alkanes of at least 4 members (excludes halogenated alkanes) is 15. The lowest BCUT2D eigenvalue weighted by Gasteiger charge is -2.13. The zero-order chi connectivity index (χ0) is 23.4. The van der Waals surface area contributed by atoms with Gasteiger partial charge in [-0.25, -0.2) is 4.98 Å². The molecule has 32 heavy (non-hydrogen) atoms. The van der Waals surface area contributed by atoms with Crippen LogP contribution >= 0.6 is 0 Å². The van der Waals surface area contributed by atoms with Gasteiger partial charge < -0.3 is 15.5 Å². The molecule has 1 aromatic heterocycles. The Balaban J connectivity index is 1.91. The predicted octanol–water partition coefficient (Wildman–Crippen LogP) is 7.71. The Morgan fingerprint density at radius 1 is 0.875 bits per heavy atom. The van der Waals surface area contributed by atoms with Gasteiger partial charge in [0.15, 0.2) is 5.69 Å². The first-order valence-corrected chi connectivity index (χ1v) is 13.6. The van der Waals surface area contributed by atoms with E-state index in [-0.39, 0.29) is 17.9 Å². The highest BCUT2D eigenvalue weighted by molar-refractivity contribution is 5.91. The van der Waals surface area contributed by atoms with Crippen LogP contribution in [0.15, 0.2) is 10.7 Å². The second-order valence-electron chi connectivity index (χ2n) is 9.54. The number of nitrogens with zero attached hydrogens (tertiary/aromatic N) is 1. The third kappa shape index (κ3) is 13.2. The van der Waals surface area contributed by atoms with E-state index >= 15 is 0 Å². The smallest absolute Gasteiger partial charge is 0.273 e. The second-order valence-corrected chi connectivity index (χ2v) is 9.54. The summed E-state index contributed by atoms with van der Waals surface area (Å²) in [5.41, 5.74) is 6.45. The Labute approximate surface area is 197 Å². The van der Waals surface area contributed by atoms with E-state index in [1.54, 1.807) is 0 Å². The van der Waals surface area contributed by atoms with Gasteiger partial charge in [-0.15, -0.1) is 0 Å². The monoisotopic (exact) mass is 449 g/mol. The number of aromatic nitrogens is 1. The van der Waals surface area contributed by atoms with Gasteiger partial charge in [0.2, 0.25) is 5.89 Å². The minimum Gasteiger partial charge on any atom is -0.446 e. The van der Waals surface area contributed by atoms with Crippen molar-refractivity contribution in [2.24, 2.45) is 11.7 Å². The Hall–Kier alpha value is -1.36. The topological polar surface area (TPSA) is 81.2 Å². The number of oxazole rings is 1. The number of nitrogens with two attached hydrogens (primary N) is 1. The lowest BCUT2D eigenvalue weighted by Crippen LogP contribution is -2.25. The predicted molar refractivity (Wildman–Crippen MR) is 135 cm³/mol. The van der Waals surface area contributed by atoms with Crippen molar-refractivity contribution in [1.82, 2.24) is 10.3 Å². The van der Waals surface area contributed by atoms with Gasteiger partial charge in [-0.3, -0.25) is 4.79 Å². The summed E-state index contributed by atoms with van der Waals surface area (Å²) in [5.74, 6) is 0.555. The fourth-order valence-electron chi connectivity index (χ4n) is 4.01. The number of hydrogen-bond donors (Lipinski definition) is 2. The van der Waals surface area contributed by atoms with Crippen molar-refractivity contribution in [2.75, 3.05) is 6.54 Å². The zero-order valence-electron chi connectivity index (χ0n) is 21.3. The summed E-state index contributed by atoms with van der Waals surface area (Å²) in [6.45, 7) is 7.12. The third-order valence-corrected chi connectivity index (χ3v) is 6.61. The van der Waals surface area contributed by atoms with Gasteiger partial charge in [0, 0.05) is 6.54 Å². The van der Waals surface area contributed by atoms with Crippen LogP contribution < -0.4 is 11.1 Å². The first-order chi connectivity index (χ1) is 15.6. The average molecular weight is 450 g/mol. The van der Waals surface area contributed by atoms with Gasteiger partial charge in [-0.2, -0.15) is 0 Å². The number of amides is 1. The summed E-state index contributed by atoms with van der Waals surface area (Å²) in [5, 5.41) is 2.94. The largest absolute Gasteiger partial charge is 0.446 e. The summed E-state index contributed by atoms with van der Waals surface area (Å²) in [6, 6.07) is -0.262. The van der Waals surface area contributed by atoms with Crippen LogP contribution in [0.2, 0.25) is 0 Å². The molecule has 1 heterocycles. The minimum absolute atomic E-state index is 0.169. The SMILES string of the molecule is CCCCCCCCCCCCCCCCCCNC(=O)c1coc(C(N)C(C)CC)n1. The van der Waals surface area contributed by atoms with Crippen LogP contribution in [0.4, 0.5) is 0 Å². The molecule has 0 bridgehead atoms. The lowest BCUT2D eigenvalue weighted by atomic mass is 10.0. The van der Waals surface area contributed by atoms with Crippen LogP contribution in [0.3, 0.4) is 0 Å². The fourth-order valence-corrected chi connectivity index (χ4v) is 4.01. The van der Waals surface area contributed by atoms with Gasteiger partial charge >= 0.3 is 0 Å². The maximum atomic E-state index is 12.2. The molecule has 1 rings (SSSR count). The molecule has 2 unspecified atom stereocenters. The minimum atomic E-state index is -0.262. The van der Waals surface area contributed by atoms with Crippen LogP contribution in [0.5, 0.6) is 0 Å². The van der Waals surface area contributed by atoms with E-state index in [2.05, 4.69) is 31.1 Å². The van der Waals surface area contributed by atoms with Gasteiger partial charge in [-0.1, -0.05) is 124 Å². The van der Waals surface area contributed by atoms with E-state index in [1.807, 2.05) is 0 Å². The molecule has 0 aliphatic heterocycles. The van der Waals surface area contributed by atoms with Crippen molar-refractivity contribution < 1.29 is 9.21 Å². The number of carbonyl (C=O) groups is 1. The van der Waals surface area contributed by atoms with Crippen LogP contribution in [0.25, 0.3) is 0 Å². The molecule has 0 saturated heterocycles. The van der Waals surface area contributed by atoms with Crippen molar-refractivity contribution in [3.8, 4) is 0 Å². The Kier molecular flexibility index (Phi) is 17.2. The van der Waals surface area contributed by atoms with Gasteiger partial charge in [0.1, 0.15) is 6.26 Å². The molecule has 0 fully saturated rings. The number of carbonyl (C=O) groups excluding carboxylic acids is 1. The van der Waals surface area contributed by atoms with E-state index in [1.165, 1.54) is 103 Å². The van der Waals surface area contributed by atoms with Crippen molar-refractivity contribution >= 4 is 5.91 Å². The van der Waals surface area contributed by atoms with Crippen molar-refractivity contribution in [3.05, 3.63) is 17.8 Å². The van der Waals surface area contributed by atoms with Gasteiger partial charge in [0.05, 0.1) is 6.04 Å². The van der Waals surface area contributed by atoms with E-state index in [0.717, 1.165) is 12.8 Å². The Morgan fingerprint density at radius 3 is 1.81 bits per heavy atom. The summed E-state index contributed by atoms with van der Waals surface area (Å²) in [7, 11) is 0. The first kappa shape index (κ1) is 28.7. The Morgan fingerprint density at radius 2 is 1.34 bits per heavy atom. The normalized spacial score (nSPS) is 13.2. The summed E-state index contributed by atoms with van der Waals surface area (Å²) in [6.07, 6.45) is 24.0. The first-order valence-electron chi connectivity index (χ1n) is 13.6. The summed E-state index contributed by atoms with van der Waals surface area (Å²) < 4.78 is 5.41. The van der Waals surface area contributed by atoms with Gasteiger partial charge in [0.25, 0.3) is 5.91 Å². The maximum absolute atomic E-state index is 12.2. The van der Waals surface area contributed by atoms with Crippen LogP contribution in [-0.2, 0) is 0 Å². The summed E-state index contributed by atoms with van der Waals surface area (Å²) in [4.78, 5) is 16.5. The molecule has 5 heteroatoms. The van der Waals surface area contributed by atoms with E-state index in [4.69, 9.17) is 10.2 Å². The molecule has 1 aromatic rings. The van der Waals surface area contributed by atoms with E-state index in [0.29, 0.717) is 18.1 Å². The molecule has 2 atom stereocenters. The zero-order valence-corrected chi connectivity index (χ0v) is 21.3. The summed E-state index contributed by atoms with van der Waals surface area (Å²) >= 11 is 0. The molecule has 186 valence electrons. The highest BCUT2D eigenvalue weighted by Gasteiger charge is 2.20. The number of rotatable bonds is 21. The van der Waals surface area contributed by atoms with Gasteiger partial charge in [-0.05, 0) is 12.3 Å². The molecule has 5 nitrogen and oxygen atoms in total. The van der Waals surface area contributed by atoms with Crippen molar-refractivity contribution in [1.29, 1.82) is 0 Å². The van der Waals surface area contributed by atoms with Crippen LogP contribution in [0, 0.1) is 5.92 Å². The van der Waals surface area contributed by atoms with Crippen molar-refractivity contribution in [2.45, 2.75) is 136 Å². The highest BCUT2D eigenvalue weighted by Crippen LogP contribution is 2.21. The standard InChI is InChI=1S/C27H51N3O2/c1-4-6-7-8-9-10-11-12-13-14-15-16-17-18-19-20-21-29-26(31)24-22-32-27(30-24)25(28)23(3)5-2/h22-23,25H,4-21,28H2,1-3H3,(H,29,31).